The van der Waals surface area contributed by atoms with Gasteiger partial charge < -0.3 is 15.8 Å². The number of amides is 2. The van der Waals surface area contributed by atoms with Crippen LogP contribution >= 0.6 is 0 Å². The summed E-state index contributed by atoms with van der Waals surface area (Å²) in [6.45, 7) is 0. The summed E-state index contributed by atoms with van der Waals surface area (Å²) in [6.07, 6.45) is 8.71. The summed E-state index contributed by atoms with van der Waals surface area (Å²) in [5.41, 5.74) is 7.72. The molecule has 3 aromatic heterocycles. The molecule has 0 unspecified atom stereocenters. The summed E-state index contributed by atoms with van der Waals surface area (Å²) in [7, 11) is 1.86. The molecule has 1 saturated carbocycles. The number of aryl methyl sites for hydroxylation is 1. The van der Waals surface area contributed by atoms with Crippen LogP contribution in [0.25, 0.3) is 22.0 Å². The van der Waals surface area contributed by atoms with Crippen molar-refractivity contribution < 1.29 is 14.3 Å². The number of anilines is 1. The molecule has 1 aliphatic carbocycles. The molecule has 3 aromatic rings. The van der Waals surface area contributed by atoms with Gasteiger partial charge in [-0.05, 0) is 37.8 Å². The minimum absolute atomic E-state index is 0.0780. The molecule has 1 fully saturated rings. The molecule has 0 saturated heterocycles. The highest BCUT2D eigenvalue weighted by Crippen LogP contribution is 2.28. The number of nitrogens with two attached hydrogens (primary N) is 1. The van der Waals surface area contributed by atoms with Gasteiger partial charge in [0, 0.05) is 41.9 Å². The lowest BCUT2D eigenvalue weighted by molar-refractivity contribution is -0.121. The number of ether oxygens (including phenoxy) is 1. The van der Waals surface area contributed by atoms with Crippen molar-refractivity contribution in [1.29, 1.82) is 0 Å². The van der Waals surface area contributed by atoms with E-state index in [0.29, 0.717) is 31.5 Å². The first-order valence-electron chi connectivity index (χ1n) is 9.50. The first-order chi connectivity index (χ1) is 14.0. The van der Waals surface area contributed by atoms with Gasteiger partial charge in [-0.3, -0.25) is 14.5 Å². The number of hydrogen-bond acceptors (Lipinski definition) is 6. The van der Waals surface area contributed by atoms with E-state index in [1.54, 1.807) is 23.3 Å². The SMILES string of the molecule is Cn1cc(-c2cnc3cnc(NC(=O)C4CCC(OC(N)=O)CC4)cc3c2)cn1. The molecule has 3 N–H and O–H groups in total. The largest absolute Gasteiger partial charge is 0.446 e. The molecule has 0 aliphatic heterocycles. The second-order valence-corrected chi connectivity index (χ2v) is 7.29. The van der Waals surface area contributed by atoms with E-state index in [-0.39, 0.29) is 17.9 Å². The van der Waals surface area contributed by atoms with Crippen molar-refractivity contribution in [2.45, 2.75) is 31.8 Å². The summed E-state index contributed by atoms with van der Waals surface area (Å²) < 4.78 is 6.75. The number of primary amides is 1. The Morgan fingerprint density at radius 3 is 2.59 bits per heavy atom. The van der Waals surface area contributed by atoms with Crippen LogP contribution in [0.5, 0.6) is 0 Å². The third kappa shape index (κ3) is 4.34. The number of fused-ring (bicyclic) bond motifs is 1. The van der Waals surface area contributed by atoms with E-state index in [1.807, 2.05) is 25.4 Å². The van der Waals surface area contributed by atoms with Crippen LogP contribution in [0.4, 0.5) is 10.6 Å². The summed E-state index contributed by atoms with van der Waals surface area (Å²) in [5, 5.41) is 7.97. The Bertz CT molecular complexity index is 1060. The van der Waals surface area contributed by atoms with E-state index >= 15 is 0 Å². The normalized spacial score (nSPS) is 19.1. The Morgan fingerprint density at radius 2 is 1.90 bits per heavy atom. The van der Waals surface area contributed by atoms with Crippen LogP contribution in [0.3, 0.4) is 0 Å². The van der Waals surface area contributed by atoms with E-state index in [2.05, 4.69) is 20.4 Å². The minimum atomic E-state index is -0.766. The van der Waals surface area contributed by atoms with Crippen molar-refractivity contribution >= 4 is 28.7 Å². The monoisotopic (exact) mass is 394 g/mol. The Morgan fingerprint density at radius 1 is 1.10 bits per heavy atom. The van der Waals surface area contributed by atoms with Crippen molar-refractivity contribution in [1.82, 2.24) is 19.7 Å². The molecule has 2 amide bonds. The van der Waals surface area contributed by atoms with Crippen LogP contribution in [0.1, 0.15) is 25.7 Å². The predicted octanol–water partition coefficient (Wildman–Crippen LogP) is 2.62. The molecule has 0 bridgehead atoms. The maximum Gasteiger partial charge on any atom is 0.404 e. The Kier molecular flexibility index (Phi) is 5.11. The quantitative estimate of drug-likeness (QED) is 0.701. The molecular weight excluding hydrogens is 372 g/mol. The number of hydrogen-bond donors (Lipinski definition) is 2. The maximum absolute atomic E-state index is 12.6. The standard InChI is InChI=1S/C20H22N6O3/c1-26-11-15(9-24-26)14-6-13-7-18(23-10-17(13)22-8-14)25-19(27)12-2-4-16(5-3-12)29-20(21)28/h6-12,16H,2-5H2,1H3,(H2,21,28)(H,23,25,27). The third-order valence-corrected chi connectivity index (χ3v) is 5.18. The van der Waals surface area contributed by atoms with Gasteiger partial charge >= 0.3 is 6.09 Å². The fourth-order valence-corrected chi connectivity index (χ4v) is 3.66. The van der Waals surface area contributed by atoms with Gasteiger partial charge in [-0.25, -0.2) is 9.78 Å². The van der Waals surface area contributed by atoms with Gasteiger partial charge in [0.25, 0.3) is 0 Å². The van der Waals surface area contributed by atoms with Gasteiger partial charge in [0.15, 0.2) is 0 Å². The van der Waals surface area contributed by atoms with Crippen molar-refractivity contribution in [3.8, 4) is 11.1 Å². The fraction of sp³-hybridized carbons (Fsp3) is 0.350. The van der Waals surface area contributed by atoms with Crippen LogP contribution in [0.15, 0.2) is 36.9 Å². The zero-order chi connectivity index (χ0) is 20.4. The molecule has 0 atom stereocenters. The average molecular weight is 394 g/mol. The Balaban J connectivity index is 1.45. The van der Waals surface area contributed by atoms with Crippen LogP contribution in [-0.2, 0) is 16.6 Å². The van der Waals surface area contributed by atoms with E-state index in [4.69, 9.17) is 10.5 Å². The molecule has 9 nitrogen and oxygen atoms in total. The minimum Gasteiger partial charge on any atom is -0.446 e. The number of pyridine rings is 2. The lowest BCUT2D eigenvalue weighted by Gasteiger charge is -2.26. The first kappa shape index (κ1) is 18.9. The fourth-order valence-electron chi connectivity index (χ4n) is 3.66. The number of carbonyl (C=O) groups excluding carboxylic acids is 2. The number of rotatable bonds is 4. The summed E-state index contributed by atoms with van der Waals surface area (Å²) in [6, 6.07) is 3.82. The van der Waals surface area contributed by atoms with Crippen LogP contribution in [0, 0.1) is 5.92 Å². The molecule has 150 valence electrons. The van der Waals surface area contributed by atoms with Gasteiger partial charge in [-0.2, -0.15) is 5.10 Å². The smallest absolute Gasteiger partial charge is 0.404 e. The topological polar surface area (TPSA) is 125 Å². The highest BCUT2D eigenvalue weighted by Gasteiger charge is 2.28. The van der Waals surface area contributed by atoms with Crippen molar-refractivity contribution in [2.24, 2.45) is 18.7 Å². The first-order valence-corrected chi connectivity index (χ1v) is 9.50. The van der Waals surface area contributed by atoms with Gasteiger partial charge in [0.2, 0.25) is 5.91 Å². The second kappa shape index (κ2) is 7.86. The summed E-state index contributed by atoms with van der Waals surface area (Å²) >= 11 is 0. The van der Waals surface area contributed by atoms with Gasteiger partial charge in [-0.15, -0.1) is 0 Å². The molecular formula is C20H22N6O3. The van der Waals surface area contributed by atoms with E-state index < -0.39 is 6.09 Å². The van der Waals surface area contributed by atoms with Crippen molar-refractivity contribution in [2.75, 3.05) is 5.32 Å². The van der Waals surface area contributed by atoms with Crippen molar-refractivity contribution in [3.05, 3.63) is 36.9 Å². The van der Waals surface area contributed by atoms with Gasteiger partial charge in [0.05, 0.1) is 17.9 Å². The molecule has 0 radical (unpaired) electrons. The zero-order valence-corrected chi connectivity index (χ0v) is 16.0. The molecule has 29 heavy (non-hydrogen) atoms. The lowest BCUT2D eigenvalue weighted by Crippen LogP contribution is -2.32. The van der Waals surface area contributed by atoms with E-state index in [9.17, 15) is 9.59 Å². The average Bonchev–Trinajstić information content (AvgIpc) is 3.14. The van der Waals surface area contributed by atoms with E-state index in [0.717, 1.165) is 22.0 Å². The maximum atomic E-state index is 12.6. The Labute approximate surface area is 167 Å². The highest BCUT2D eigenvalue weighted by molar-refractivity contribution is 5.94. The Hall–Kier alpha value is -3.49. The lowest BCUT2D eigenvalue weighted by atomic mass is 9.87. The number of nitrogens with one attached hydrogen (secondary N) is 1. The van der Waals surface area contributed by atoms with Gasteiger partial charge in [-0.1, -0.05) is 0 Å². The van der Waals surface area contributed by atoms with Crippen LogP contribution < -0.4 is 11.1 Å². The molecule has 9 heteroatoms. The van der Waals surface area contributed by atoms with Crippen LogP contribution in [0.2, 0.25) is 0 Å². The number of aromatic nitrogens is 4. The molecule has 4 rings (SSSR count). The molecule has 0 spiro atoms. The summed E-state index contributed by atoms with van der Waals surface area (Å²) in [5.74, 6) is 0.272. The zero-order valence-electron chi connectivity index (χ0n) is 16.0. The van der Waals surface area contributed by atoms with E-state index in [1.165, 1.54) is 0 Å². The summed E-state index contributed by atoms with van der Waals surface area (Å²) in [4.78, 5) is 32.2. The molecule has 3 heterocycles. The number of nitrogens with zero attached hydrogens (tertiary/aromatic N) is 4. The van der Waals surface area contributed by atoms with Crippen molar-refractivity contribution in [3.63, 3.8) is 0 Å². The highest BCUT2D eigenvalue weighted by atomic mass is 16.6. The third-order valence-electron chi connectivity index (χ3n) is 5.18. The second-order valence-electron chi connectivity index (χ2n) is 7.29. The molecule has 1 aliphatic rings. The predicted molar refractivity (Wildman–Crippen MR) is 107 cm³/mol. The van der Waals surface area contributed by atoms with Crippen LogP contribution in [-0.4, -0.2) is 37.9 Å². The van der Waals surface area contributed by atoms with Gasteiger partial charge in [0.1, 0.15) is 11.9 Å². The molecule has 0 aromatic carbocycles. The number of carbonyl (C=O) groups is 2.